The van der Waals surface area contributed by atoms with Crippen molar-refractivity contribution in [3.05, 3.63) is 58.3 Å². The van der Waals surface area contributed by atoms with Crippen LogP contribution in [0.25, 0.3) is 0 Å². The van der Waals surface area contributed by atoms with Crippen LogP contribution in [0.3, 0.4) is 0 Å². The minimum absolute atomic E-state index is 0.0947. The summed E-state index contributed by atoms with van der Waals surface area (Å²) in [4.78, 5) is 0. The van der Waals surface area contributed by atoms with Crippen molar-refractivity contribution in [1.29, 1.82) is 0 Å². The Morgan fingerprint density at radius 3 is 2.65 bits per heavy atom. The zero-order valence-electron chi connectivity index (χ0n) is 11.6. The Labute approximate surface area is 127 Å². The van der Waals surface area contributed by atoms with Gasteiger partial charge in [0.2, 0.25) is 0 Å². The van der Waals surface area contributed by atoms with E-state index in [0.29, 0.717) is 17.9 Å². The quantitative estimate of drug-likeness (QED) is 0.803. The smallest absolute Gasteiger partial charge is 0.125 e. The van der Waals surface area contributed by atoms with Crippen molar-refractivity contribution in [3.63, 3.8) is 0 Å². The lowest BCUT2D eigenvalue weighted by Crippen LogP contribution is -2.27. The molecule has 106 valence electrons. The highest BCUT2D eigenvalue weighted by Crippen LogP contribution is 2.27. The number of hydrogen-bond acceptors (Lipinski definition) is 2. The molecule has 0 aliphatic heterocycles. The van der Waals surface area contributed by atoms with Crippen molar-refractivity contribution in [2.75, 3.05) is 17.6 Å². The molecule has 20 heavy (non-hydrogen) atoms. The maximum absolute atomic E-state index is 13.2. The molecule has 2 aromatic rings. The molecule has 0 aromatic heterocycles. The van der Waals surface area contributed by atoms with Crippen LogP contribution in [0.4, 0.5) is 15.8 Å². The van der Waals surface area contributed by atoms with Crippen molar-refractivity contribution in [2.45, 2.75) is 19.3 Å². The molecule has 0 fully saturated rings. The van der Waals surface area contributed by atoms with E-state index < -0.39 is 0 Å². The van der Waals surface area contributed by atoms with Crippen LogP contribution in [0.2, 0.25) is 0 Å². The van der Waals surface area contributed by atoms with Gasteiger partial charge < -0.3 is 11.1 Å². The molecule has 2 nitrogen and oxygen atoms in total. The Bertz CT molecular complexity index is 611. The third-order valence-corrected chi connectivity index (χ3v) is 3.84. The van der Waals surface area contributed by atoms with Crippen molar-refractivity contribution in [1.82, 2.24) is 0 Å². The average molecular weight is 337 g/mol. The zero-order valence-corrected chi connectivity index (χ0v) is 13.2. The molecule has 0 radical (unpaired) electrons. The first-order chi connectivity index (χ1) is 9.38. The molecule has 0 aliphatic carbocycles. The van der Waals surface area contributed by atoms with E-state index in [4.69, 9.17) is 5.73 Å². The first-order valence-electron chi connectivity index (χ1n) is 6.43. The molecule has 0 atom stereocenters. The van der Waals surface area contributed by atoms with Crippen LogP contribution >= 0.6 is 15.9 Å². The Morgan fingerprint density at radius 1 is 1.20 bits per heavy atom. The molecular weight excluding hydrogens is 319 g/mol. The lowest BCUT2D eigenvalue weighted by atomic mass is 9.84. The molecule has 0 bridgehead atoms. The highest BCUT2D eigenvalue weighted by atomic mass is 79.9. The van der Waals surface area contributed by atoms with Gasteiger partial charge in [0.25, 0.3) is 0 Å². The van der Waals surface area contributed by atoms with E-state index in [1.165, 1.54) is 17.7 Å². The average Bonchev–Trinajstić information content (AvgIpc) is 2.40. The lowest BCUT2D eigenvalue weighted by Gasteiger charge is -2.27. The molecule has 0 saturated heterocycles. The minimum Gasteiger partial charge on any atom is -0.397 e. The minimum atomic E-state index is -0.290. The molecular formula is C16H18BrFN2. The van der Waals surface area contributed by atoms with Crippen LogP contribution in [0.1, 0.15) is 19.4 Å². The van der Waals surface area contributed by atoms with E-state index in [-0.39, 0.29) is 11.2 Å². The van der Waals surface area contributed by atoms with E-state index in [9.17, 15) is 4.39 Å². The fraction of sp³-hybridized carbons (Fsp3) is 0.250. The third-order valence-electron chi connectivity index (χ3n) is 3.34. The summed E-state index contributed by atoms with van der Waals surface area (Å²) in [6.45, 7) is 4.94. The van der Waals surface area contributed by atoms with Gasteiger partial charge in [-0.15, -0.1) is 0 Å². The van der Waals surface area contributed by atoms with Gasteiger partial charge in [-0.3, -0.25) is 0 Å². The van der Waals surface area contributed by atoms with Gasteiger partial charge in [-0.05, 0) is 35.9 Å². The van der Waals surface area contributed by atoms with Gasteiger partial charge in [-0.25, -0.2) is 4.39 Å². The fourth-order valence-electron chi connectivity index (χ4n) is 2.01. The van der Waals surface area contributed by atoms with E-state index in [0.717, 1.165) is 4.47 Å². The standard InChI is InChI=1S/C16H18BrFN2/c1-16(2,11-4-3-5-12(17)8-11)10-20-15-9-13(18)6-7-14(15)19/h3-9,20H,10,19H2,1-2H3. The zero-order chi connectivity index (χ0) is 14.8. The molecule has 4 heteroatoms. The van der Waals surface area contributed by atoms with Gasteiger partial charge in [-0.1, -0.05) is 41.9 Å². The molecule has 2 aromatic carbocycles. The van der Waals surface area contributed by atoms with Crippen LogP contribution in [-0.4, -0.2) is 6.54 Å². The predicted molar refractivity (Wildman–Crippen MR) is 86.5 cm³/mol. The Morgan fingerprint density at radius 2 is 1.95 bits per heavy atom. The van der Waals surface area contributed by atoms with Crippen LogP contribution in [0.5, 0.6) is 0 Å². The summed E-state index contributed by atoms with van der Waals surface area (Å²) in [5.41, 5.74) is 8.14. The van der Waals surface area contributed by atoms with Gasteiger partial charge >= 0.3 is 0 Å². The molecule has 0 amide bonds. The van der Waals surface area contributed by atoms with Crippen LogP contribution in [-0.2, 0) is 5.41 Å². The molecule has 0 spiro atoms. The Kier molecular flexibility index (Phi) is 4.33. The number of nitrogens with two attached hydrogens (primary N) is 1. The van der Waals surface area contributed by atoms with E-state index in [1.807, 2.05) is 12.1 Å². The second-order valence-electron chi connectivity index (χ2n) is 5.48. The van der Waals surface area contributed by atoms with Crippen LogP contribution < -0.4 is 11.1 Å². The number of benzene rings is 2. The summed E-state index contributed by atoms with van der Waals surface area (Å²) >= 11 is 3.48. The monoisotopic (exact) mass is 336 g/mol. The Hall–Kier alpha value is -1.55. The summed E-state index contributed by atoms with van der Waals surface area (Å²) < 4.78 is 14.3. The van der Waals surface area contributed by atoms with Crippen molar-refractivity contribution < 1.29 is 4.39 Å². The number of nitrogen functional groups attached to an aromatic ring is 1. The van der Waals surface area contributed by atoms with Gasteiger partial charge in [0.05, 0.1) is 11.4 Å². The Balaban J connectivity index is 2.14. The number of nitrogens with one attached hydrogen (secondary N) is 1. The largest absolute Gasteiger partial charge is 0.397 e. The van der Waals surface area contributed by atoms with E-state index in [2.05, 4.69) is 47.2 Å². The summed E-state index contributed by atoms with van der Waals surface area (Å²) in [6.07, 6.45) is 0. The number of halogens is 2. The van der Waals surface area contributed by atoms with Crippen LogP contribution in [0.15, 0.2) is 46.9 Å². The second-order valence-corrected chi connectivity index (χ2v) is 6.40. The van der Waals surface area contributed by atoms with Gasteiger partial charge in [0, 0.05) is 16.4 Å². The summed E-state index contributed by atoms with van der Waals surface area (Å²) in [5.74, 6) is -0.290. The first-order valence-corrected chi connectivity index (χ1v) is 7.23. The van der Waals surface area contributed by atoms with Crippen molar-refractivity contribution in [3.8, 4) is 0 Å². The fourth-order valence-corrected chi connectivity index (χ4v) is 2.41. The summed E-state index contributed by atoms with van der Waals surface area (Å²) in [5, 5.41) is 3.23. The molecule has 3 N–H and O–H groups in total. The maximum Gasteiger partial charge on any atom is 0.125 e. The maximum atomic E-state index is 13.2. The van der Waals surface area contributed by atoms with E-state index in [1.54, 1.807) is 6.07 Å². The summed E-state index contributed by atoms with van der Waals surface area (Å²) in [7, 11) is 0. The van der Waals surface area contributed by atoms with Crippen molar-refractivity contribution >= 4 is 27.3 Å². The molecule has 0 aliphatic rings. The number of hydrogen-bond donors (Lipinski definition) is 2. The predicted octanol–water partition coefficient (Wildman–Crippen LogP) is 4.56. The van der Waals surface area contributed by atoms with Gasteiger partial charge in [0.15, 0.2) is 0 Å². The van der Waals surface area contributed by atoms with Crippen molar-refractivity contribution in [2.24, 2.45) is 0 Å². The highest BCUT2D eigenvalue weighted by Gasteiger charge is 2.21. The lowest BCUT2D eigenvalue weighted by molar-refractivity contribution is 0.556. The topological polar surface area (TPSA) is 38.0 Å². The number of rotatable bonds is 4. The van der Waals surface area contributed by atoms with Crippen LogP contribution in [0, 0.1) is 5.82 Å². The molecule has 0 heterocycles. The molecule has 2 rings (SSSR count). The third kappa shape index (κ3) is 3.51. The molecule has 0 saturated carbocycles. The van der Waals surface area contributed by atoms with Gasteiger partial charge in [0.1, 0.15) is 5.82 Å². The number of anilines is 2. The first kappa shape index (κ1) is 14.9. The molecule has 0 unspecified atom stereocenters. The SMILES string of the molecule is CC(C)(CNc1cc(F)ccc1N)c1cccc(Br)c1. The van der Waals surface area contributed by atoms with E-state index >= 15 is 0 Å². The normalized spacial score (nSPS) is 11.4. The van der Waals surface area contributed by atoms with Gasteiger partial charge in [-0.2, -0.15) is 0 Å². The second kappa shape index (κ2) is 5.83. The summed E-state index contributed by atoms with van der Waals surface area (Å²) in [6, 6.07) is 12.5. The highest BCUT2D eigenvalue weighted by molar-refractivity contribution is 9.10.